The fraction of sp³-hybridized carbons (Fsp3) is 0.565. The first kappa shape index (κ1) is 17.5. The number of nitrogens with zero attached hydrogens (tertiary/aromatic N) is 1. The van der Waals surface area contributed by atoms with E-state index in [4.69, 9.17) is 0 Å². The summed E-state index contributed by atoms with van der Waals surface area (Å²) in [5.74, 6) is 1.57. The van der Waals surface area contributed by atoms with Gasteiger partial charge < -0.3 is 4.90 Å². The standard InChI is InChI=1S/C23H33N/c1-3-8-23-19(2)9-7-12-22(23)15-18-24-16-13-21(14-17-24)20-10-5-4-6-11-20/h3-6,8,10-11,21-22H,7,9,12-18H2,1-2H3/b8-3-. The van der Waals surface area contributed by atoms with Gasteiger partial charge in [0.15, 0.2) is 0 Å². The van der Waals surface area contributed by atoms with Crippen molar-refractivity contribution in [3.05, 3.63) is 59.2 Å². The lowest BCUT2D eigenvalue weighted by Crippen LogP contribution is -2.34. The van der Waals surface area contributed by atoms with E-state index in [-0.39, 0.29) is 0 Å². The largest absolute Gasteiger partial charge is 0.303 e. The number of hydrogen-bond acceptors (Lipinski definition) is 1. The molecule has 0 amide bonds. The maximum Gasteiger partial charge on any atom is -0.00129 e. The Balaban J connectivity index is 1.49. The Hall–Kier alpha value is -1.34. The fourth-order valence-corrected chi connectivity index (χ4v) is 4.57. The average Bonchev–Trinajstić information content (AvgIpc) is 2.63. The second-order valence-electron chi connectivity index (χ2n) is 7.64. The molecule has 1 heteroatoms. The third kappa shape index (κ3) is 4.39. The third-order valence-electron chi connectivity index (χ3n) is 6.04. The van der Waals surface area contributed by atoms with E-state index < -0.39 is 0 Å². The van der Waals surface area contributed by atoms with Crippen LogP contribution in [0.2, 0.25) is 0 Å². The Morgan fingerprint density at radius 1 is 1.08 bits per heavy atom. The molecule has 1 nitrogen and oxygen atoms in total. The highest BCUT2D eigenvalue weighted by Gasteiger charge is 2.23. The average molecular weight is 324 g/mol. The first-order valence-electron chi connectivity index (χ1n) is 9.87. The van der Waals surface area contributed by atoms with Crippen molar-refractivity contribution in [2.24, 2.45) is 5.92 Å². The van der Waals surface area contributed by atoms with Gasteiger partial charge in [-0.25, -0.2) is 0 Å². The Bertz CT molecular complexity index is 561. The van der Waals surface area contributed by atoms with Gasteiger partial charge in [0.1, 0.15) is 0 Å². The smallest absolute Gasteiger partial charge is 0.00129 e. The van der Waals surface area contributed by atoms with E-state index in [2.05, 4.69) is 61.2 Å². The maximum absolute atomic E-state index is 2.71. The van der Waals surface area contributed by atoms with Gasteiger partial charge in [0, 0.05) is 0 Å². The van der Waals surface area contributed by atoms with Crippen molar-refractivity contribution in [3.8, 4) is 0 Å². The van der Waals surface area contributed by atoms with E-state index in [1.165, 1.54) is 58.2 Å². The van der Waals surface area contributed by atoms with E-state index in [0.717, 1.165) is 11.8 Å². The second-order valence-corrected chi connectivity index (χ2v) is 7.64. The van der Waals surface area contributed by atoms with Crippen LogP contribution in [0, 0.1) is 5.92 Å². The molecule has 1 unspecified atom stereocenters. The summed E-state index contributed by atoms with van der Waals surface area (Å²) < 4.78 is 0. The van der Waals surface area contributed by atoms with Gasteiger partial charge in [-0.2, -0.15) is 0 Å². The Morgan fingerprint density at radius 3 is 2.54 bits per heavy atom. The molecular weight excluding hydrogens is 290 g/mol. The lowest BCUT2D eigenvalue weighted by Gasteiger charge is -2.34. The second kappa shape index (κ2) is 8.67. The van der Waals surface area contributed by atoms with E-state index >= 15 is 0 Å². The molecule has 0 aromatic heterocycles. The molecule has 1 aliphatic heterocycles. The summed E-state index contributed by atoms with van der Waals surface area (Å²) in [6.07, 6.45) is 12.7. The molecule has 130 valence electrons. The summed E-state index contributed by atoms with van der Waals surface area (Å²) in [6, 6.07) is 11.1. The fourth-order valence-electron chi connectivity index (χ4n) is 4.57. The Morgan fingerprint density at radius 2 is 1.83 bits per heavy atom. The minimum Gasteiger partial charge on any atom is -0.303 e. The summed E-state index contributed by atoms with van der Waals surface area (Å²) in [6.45, 7) is 8.31. The molecule has 1 heterocycles. The maximum atomic E-state index is 2.71. The molecule has 1 aromatic carbocycles. The SMILES string of the molecule is C/C=C\C1=C(C)CCCC1CCN1CCC(c2ccccc2)CC1. The molecule has 0 bridgehead atoms. The van der Waals surface area contributed by atoms with Crippen LogP contribution in [-0.2, 0) is 0 Å². The van der Waals surface area contributed by atoms with Gasteiger partial charge in [-0.15, -0.1) is 0 Å². The molecule has 1 saturated heterocycles. The van der Waals surface area contributed by atoms with Crippen LogP contribution in [0.15, 0.2) is 53.6 Å². The first-order valence-corrected chi connectivity index (χ1v) is 9.87. The van der Waals surface area contributed by atoms with Gasteiger partial charge in [0.2, 0.25) is 0 Å². The predicted molar refractivity (Wildman–Crippen MR) is 104 cm³/mol. The monoisotopic (exact) mass is 323 g/mol. The van der Waals surface area contributed by atoms with Gasteiger partial charge >= 0.3 is 0 Å². The zero-order valence-electron chi connectivity index (χ0n) is 15.5. The molecule has 1 aromatic rings. The highest BCUT2D eigenvalue weighted by atomic mass is 15.1. The number of likely N-dealkylation sites (tertiary alicyclic amines) is 1. The van der Waals surface area contributed by atoms with Crippen molar-refractivity contribution in [1.82, 2.24) is 4.90 Å². The lowest BCUT2D eigenvalue weighted by atomic mass is 9.81. The molecule has 1 atom stereocenters. The predicted octanol–water partition coefficient (Wildman–Crippen LogP) is 5.95. The summed E-state index contributed by atoms with van der Waals surface area (Å²) in [4.78, 5) is 2.71. The summed E-state index contributed by atoms with van der Waals surface area (Å²) in [7, 11) is 0. The van der Waals surface area contributed by atoms with Crippen LogP contribution in [0.3, 0.4) is 0 Å². The Labute approximate surface area is 148 Å². The number of hydrogen-bond donors (Lipinski definition) is 0. The number of rotatable bonds is 5. The van der Waals surface area contributed by atoms with Crippen LogP contribution >= 0.6 is 0 Å². The highest BCUT2D eigenvalue weighted by Crippen LogP contribution is 2.34. The molecule has 2 aliphatic rings. The summed E-state index contributed by atoms with van der Waals surface area (Å²) in [5, 5.41) is 0. The van der Waals surface area contributed by atoms with Crippen LogP contribution in [0.25, 0.3) is 0 Å². The van der Waals surface area contributed by atoms with Crippen molar-refractivity contribution in [2.45, 2.75) is 58.3 Å². The number of allylic oxidation sites excluding steroid dienone is 4. The first-order chi connectivity index (χ1) is 11.8. The van der Waals surface area contributed by atoms with Crippen LogP contribution in [-0.4, -0.2) is 24.5 Å². The molecule has 1 aliphatic carbocycles. The molecule has 0 radical (unpaired) electrons. The van der Waals surface area contributed by atoms with Gasteiger partial charge in [-0.05, 0) is 95.0 Å². The molecule has 1 fully saturated rings. The summed E-state index contributed by atoms with van der Waals surface area (Å²) in [5.41, 5.74) is 4.81. The van der Waals surface area contributed by atoms with Gasteiger partial charge in [-0.3, -0.25) is 0 Å². The van der Waals surface area contributed by atoms with Crippen molar-refractivity contribution < 1.29 is 0 Å². The molecule has 24 heavy (non-hydrogen) atoms. The van der Waals surface area contributed by atoms with Crippen LogP contribution < -0.4 is 0 Å². The van der Waals surface area contributed by atoms with Gasteiger partial charge in [0.25, 0.3) is 0 Å². The van der Waals surface area contributed by atoms with E-state index in [1.807, 2.05) is 0 Å². The third-order valence-corrected chi connectivity index (χ3v) is 6.04. The summed E-state index contributed by atoms with van der Waals surface area (Å²) >= 11 is 0. The molecule has 3 rings (SSSR count). The van der Waals surface area contributed by atoms with E-state index in [1.54, 1.807) is 16.7 Å². The minimum atomic E-state index is 0.776. The zero-order valence-corrected chi connectivity index (χ0v) is 15.5. The lowest BCUT2D eigenvalue weighted by molar-refractivity contribution is 0.200. The number of piperidine rings is 1. The van der Waals surface area contributed by atoms with Gasteiger partial charge in [0.05, 0.1) is 0 Å². The molecule has 0 saturated carbocycles. The normalized spacial score (nSPS) is 24.0. The van der Waals surface area contributed by atoms with Crippen molar-refractivity contribution >= 4 is 0 Å². The molecular formula is C23H33N. The van der Waals surface area contributed by atoms with Crippen LogP contribution in [0.5, 0.6) is 0 Å². The number of benzene rings is 1. The van der Waals surface area contributed by atoms with E-state index in [0.29, 0.717) is 0 Å². The highest BCUT2D eigenvalue weighted by molar-refractivity contribution is 5.29. The molecule has 0 N–H and O–H groups in total. The van der Waals surface area contributed by atoms with Crippen molar-refractivity contribution in [3.63, 3.8) is 0 Å². The van der Waals surface area contributed by atoms with E-state index in [9.17, 15) is 0 Å². The van der Waals surface area contributed by atoms with Crippen LogP contribution in [0.4, 0.5) is 0 Å². The Kier molecular flexibility index (Phi) is 6.31. The minimum absolute atomic E-state index is 0.776. The molecule has 0 spiro atoms. The quantitative estimate of drug-likeness (QED) is 0.647. The topological polar surface area (TPSA) is 3.24 Å². The zero-order chi connectivity index (χ0) is 16.8. The van der Waals surface area contributed by atoms with Crippen molar-refractivity contribution in [2.75, 3.05) is 19.6 Å². The van der Waals surface area contributed by atoms with Crippen molar-refractivity contribution in [1.29, 1.82) is 0 Å². The van der Waals surface area contributed by atoms with Gasteiger partial charge in [-0.1, -0.05) is 48.1 Å². The van der Waals surface area contributed by atoms with Crippen LogP contribution in [0.1, 0.15) is 63.9 Å².